The van der Waals surface area contributed by atoms with Gasteiger partial charge in [0.1, 0.15) is 0 Å². The summed E-state index contributed by atoms with van der Waals surface area (Å²) in [6, 6.07) is 1.89. The fourth-order valence-corrected chi connectivity index (χ4v) is 1.31. The van der Waals surface area contributed by atoms with Gasteiger partial charge in [0.15, 0.2) is 6.10 Å². The van der Waals surface area contributed by atoms with Gasteiger partial charge in [0.05, 0.1) is 0 Å². The van der Waals surface area contributed by atoms with Gasteiger partial charge in [-0.1, -0.05) is 5.92 Å². The second kappa shape index (κ2) is 3.37. The van der Waals surface area contributed by atoms with Gasteiger partial charge in [0, 0.05) is 5.56 Å². The number of terminal acetylenes is 1. The average Bonchev–Trinajstić information content (AvgIpc) is 2.43. The summed E-state index contributed by atoms with van der Waals surface area (Å²) in [5, 5.41) is 3.84. The summed E-state index contributed by atoms with van der Waals surface area (Å²) in [6.07, 6.45) is 4.73. The SMILES string of the molecule is C#CC(ON)c1ccsc1. The van der Waals surface area contributed by atoms with Crippen molar-refractivity contribution in [3.63, 3.8) is 0 Å². The van der Waals surface area contributed by atoms with Crippen molar-refractivity contribution in [2.75, 3.05) is 0 Å². The highest BCUT2D eigenvalue weighted by Gasteiger charge is 2.05. The third kappa shape index (κ3) is 1.36. The molecule has 0 saturated heterocycles. The van der Waals surface area contributed by atoms with Crippen molar-refractivity contribution >= 4 is 11.3 Å². The lowest BCUT2D eigenvalue weighted by molar-refractivity contribution is 0.0938. The van der Waals surface area contributed by atoms with Crippen molar-refractivity contribution in [2.24, 2.45) is 5.90 Å². The highest BCUT2D eigenvalue weighted by Crippen LogP contribution is 2.16. The van der Waals surface area contributed by atoms with Gasteiger partial charge < -0.3 is 0 Å². The highest BCUT2D eigenvalue weighted by atomic mass is 32.1. The molecule has 52 valence electrons. The van der Waals surface area contributed by atoms with E-state index in [4.69, 9.17) is 12.3 Å². The predicted octanol–water partition coefficient (Wildman–Crippen LogP) is 1.31. The van der Waals surface area contributed by atoms with Gasteiger partial charge in [0.25, 0.3) is 0 Å². The number of thiophene rings is 1. The zero-order valence-corrected chi connectivity index (χ0v) is 6.10. The summed E-state index contributed by atoms with van der Waals surface area (Å²) in [7, 11) is 0. The molecular formula is C7H7NOS. The Morgan fingerprint density at radius 1 is 1.80 bits per heavy atom. The molecule has 1 heterocycles. The highest BCUT2D eigenvalue weighted by molar-refractivity contribution is 7.07. The van der Waals surface area contributed by atoms with Gasteiger partial charge in [-0.05, 0) is 16.8 Å². The molecule has 0 amide bonds. The Bertz CT molecular complexity index is 224. The second-order valence-electron chi connectivity index (χ2n) is 1.74. The molecule has 1 atom stereocenters. The third-order valence-electron chi connectivity index (χ3n) is 1.13. The molecule has 1 aromatic heterocycles. The van der Waals surface area contributed by atoms with Crippen molar-refractivity contribution in [1.82, 2.24) is 0 Å². The molecule has 1 unspecified atom stereocenters. The van der Waals surface area contributed by atoms with Crippen LogP contribution in [0.4, 0.5) is 0 Å². The van der Waals surface area contributed by atoms with Crippen LogP contribution < -0.4 is 5.90 Å². The van der Waals surface area contributed by atoms with Gasteiger partial charge in [-0.3, -0.25) is 4.84 Å². The first-order chi connectivity index (χ1) is 4.88. The van der Waals surface area contributed by atoms with E-state index in [1.54, 1.807) is 11.3 Å². The maximum atomic E-state index is 5.12. The topological polar surface area (TPSA) is 35.2 Å². The van der Waals surface area contributed by atoms with Gasteiger partial charge in [-0.15, -0.1) is 6.42 Å². The van der Waals surface area contributed by atoms with Crippen LogP contribution >= 0.6 is 11.3 Å². The number of rotatable bonds is 2. The molecule has 1 rings (SSSR count). The quantitative estimate of drug-likeness (QED) is 0.513. The normalized spacial score (nSPS) is 12.4. The molecular weight excluding hydrogens is 146 g/mol. The van der Waals surface area contributed by atoms with E-state index in [0.29, 0.717) is 0 Å². The van der Waals surface area contributed by atoms with Crippen LogP contribution in [0, 0.1) is 12.3 Å². The van der Waals surface area contributed by atoms with E-state index in [9.17, 15) is 0 Å². The summed E-state index contributed by atoms with van der Waals surface area (Å²) < 4.78 is 0. The van der Waals surface area contributed by atoms with Crippen molar-refractivity contribution in [3.8, 4) is 12.3 Å². The van der Waals surface area contributed by atoms with E-state index in [0.717, 1.165) is 5.56 Å². The lowest BCUT2D eigenvalue weighted by Crippen LogP contribution is -2.05. The van der Waals surface area contributed by atoms with Crippen molar-refractivity contribution in [2.45, 2.75) is 6.10 Å². The van der Waals surface area contributed by atoms with E-state index in [2.05, 4.69) is 10.8 Å². The fraction of sp³-hybridized carbons (Fsp3) is 0.143. The van der Waals surface area contributed by atoms with E-state index < -0.39 is 6.10 Å². The maximum absolute atomic E-state index is 5.12. The molecule has 1 aromatic rings. The first-order valence-electron chi connectivity index (χ1n) is 2.72. The van der Waals surface area contributed by atoms with E-state index in [1.807, 2.05) is 16.8 Å². The molecule has 0 aromatic carbocycles. The summed E-state index contributed by atoms with van der Waals surface area (Å²) >= 11 is 1.57. The summed E-state index contributed by atoms with van der Waals surface area (Å²) in [5.74, 6) is 7.35. The smallest absolute Gasteiger partial charge is 0.164 e. The Morgan fingerprint density at radius 3 is 3.00 bits per heavy atom. The minimum absolute atomic E-state index is 0.397. The van der Waals surface area contributed by atoms with Crippen LogP contribution in [0.15, 0.2) is 16.8 Å². The molecule has 0 spiro atoms. The maximum Gasteiger partial charge on any atom is 0.164 e. The predicted molar refractivity (Wildman–Crippen MR) is 41.2 cm³/mol. The van der Waals surface area contributed by atoms with E-state index in [1.165, 1.54) is 0 Å². The Morgan fingerprint density at radius 2 is 2.60 bits per heavy atom. The Hall–Kier alpha value is -0.820. The molecule has 0 radical (unpaired) electrons. The summed E-state index contributed by atoms with van der Waals surface area (Å²) in [5.41, 5.74) is 0.940. The molecule has 0 bridgehead atoms. The largest absolute Gasteiger partial charge is 0.283 e. The fourth-order valence-electron chi connectivity index (χ4n) is 0.638. The molecule has 0 aliphatic heterocycles. The van der Waals surface area contributed by atoms with Crippen molar-refractivity contribution < 1.29 is 4.84 Å². The zero-order chi connectivity index (χ0) is 7.40. The van der Waals surface area contributed by atoms with Gasteiger partial charge in [-0.2, -0.15) is 11.3 Å². The van der Waals surface area contributed by atoms with Gasteiger partial charge >= 0.3 is 0 Å². The Kier molecular flexibility index (Phi) is 2.46. The van der Waals surface area contributed by atoms with Crippen LogP contribution in [0.5, 0.6) is 0 Å². The van der Waals surface area contributed by atoms with Crippen LogP contribution in [0.2, 0.25) is 0 Å². The molecule has 10 heavy (non-hydrogen) atoms. The number of nitrogens with two attached hydrogens (primary N) is 1. The average molecular weight is 153 g/mol. The molecule has 3 heteroatoms. The lowest BCUT2D eigenvalue weighted by atomic mass is 10.2. The third-order valence-corrected chi connectivity index (χ3v) is 1.83. The van der Waals surface area contributed by atoms with E-state index in [-0.39, 0.29) is 0 Å². The number of hydrogen-bond acceptors (Lipinski definition) is 3. The monoisotopic (exact) mass is 153 g/mol. The van der Waals surface area contributed by atoms with Crippen LogP contribution in [-0.2, 0) is 4.84 Å². The van der Waals surface area contributed by atoms with Crippen molar-refractivity contribution in [3.05, 3.63) is 22.4 Å². The summed E-state index contributed by atoms with van der Waals surface area (Å²) in [6.45, 7) is 0. The first-order valence-corrected chi connectivity index (χ1v) is 3.66. The lowest BCUT2D eigenvalue weighted by Gasteiger charge is -2.02. The van der Waals surface area contributed by atoms with Crippen LogP contribution in [0.1, 0.15) is 11.7 Å². The molecule has 2 nitrogen and oxygen atoms in total. The minimum atomic E-state index is -0.397. The zero-order valence-electron chi connectivity index (χ0n) is 5.28. The van der Waals surface area contributed by atoms with Crippen LogP contribution in [-0.4, -0.2) is 0 Å². The van der Waals surface area contributed by atoms with Gasteiger partial charge in [0.2, 0.25) is 0 Å². The Balaban J connectivity index is 2.76. The Labute approximate surface area is 63.6 Å². The van der Waals surface area contributed by atoms with Crippen LogP contribution in [0.25, 0.3) is 0 Å². The molecule has 0 fully saturated rings. The standard InChI is InChI=1S/C7H7NOS/c1-2-7(9-8)6-3-4-10-5-6/h1,3-5,7H,8H2. The van der Waals surface area contributed by atoms with Crippen LogP contribution in [0.3, 0.4) is 0 Å². The molecule has 0 aliphatic rings. The van der Waals surface area contributed by atoms with Crippen molar-refractivity contribution in [1.29, 1.82) is 0 Å². The van der Waals surface area contributed by atoms with E-state index >= 15 is 0 Å². The first kappa shape index (κ1) is 7.29. The second-order valence-corrected chi connectivity index (χ2v) is 2.52. The summed E-state index contributed by atoms with van der Waals surface area (Å²) in [4.78, 5) is 4.51. The minimum Gasteiger partial charge on any atom is -0.283 e. The molecule has 0 aliphatic carbocycles. The van der Waals surface area contributed by atoms with Gasteiger partial charge in [-0.25, -0.2) is 5.90 Å². The number of hydrogen-bond donors (Lipinski definition) is 1. The molecule has 0 saturated carbocycles. The molecule has 2 N–H and O–H groups in total.